The van der Waals surface area contributed by atoms with Gasteiger partial charge in [0.25, 0.3) is 0 Å². The SMILES string of the molecule is CCCCCCCOc1cccc(NCC(=O)Nc2ccc(OC(C)C)cc2)c1. The number of unbranched alkanes of at least 4 members (excludes halogenated alkanes) is 4. The molecular formula is C24H34N2O3. The van der Waals surface area contributed by atoms with E-state index in [0.29, 0.717) is 0 Å². The molecule has 0 aliphatic carbocycles. The van der Waals surface area contributed by atoms with Crippen molar-refractivity contribution in [1.29, 1.82) is 0 Å². The molecule has 2 N–H and O–H groups in total. The molecule has 0 bridgehead atoms. The fraction of sp³-hybridized carbons (Fsp3) is 0.458. The van der Waals surface area contributed by atoms with Gasteiger partial charge in [0, 0.05) is 17.4 Å². The highest BCUT2D eigenvalue weighted by Crippen LogP contribution is 2.19. The number of benzene rings is 2. The Morgan fingerprint density at radius 1 is 0.931 bits per heavy atom. The van der Waals surface area contributed by atoms with Gasteiger partial charge in [0.2, 0.25) is 5.91 Å². The molecule has 0 aliphatic rings. The quantitative estimate of drug-likeness (QED) is 0.414. The van der Waals surface area contributed by atoms with Crippen LogP contribution in [0.1, 0.15) is 52.9 Å². The Morgan fingerprint density at radius 2 is 1.69 bits per heavy atom. The molecule has 5 heteroatoms. The summed E-state index contributed by atoms with van der Waals surface area (Å²) in [5, 5.41) is 6.02. The van der Waals surface area contributed by atoms with Gasteiger partial charge in [0.05, 0.1) is 19.3 Å². The first-order valence-electron chi connectivity index (χ1n) is 10.6. The molecule has 0 aliphatic heterocycles. The minimum Gasteiger partial charge on any atom is -0.494 e. The fourth-order valence-electron chi connectivity index (χ4n) is 2.87. The summed E-state index contributed by atoms with van der Waals surface area (Å²) in [5.41, 5.74) is 1.61. The maximum Gasteiger partial charge on any atom is 0.243 e. The molecular weight excluding hydrogens is 364 g/mol. The van der Waals surface area contributed by atoms with Crippen LogP contribution in [-0.4, -0.2) is 25.2 Å². The number of rotatable bonds is 13. The largest absolute Gasteiger partial charge is 0.494 e. The van der Waals surface area contributed by atoms with Gasteiger partial charge in [-0.15, -0.1) is 0 Å². The molecule has 0 radical (unpaired) electrons. The van der Waals surface area contributed by atoms with Crippen molar-refractivity contribution in [2.45, 2.75) is 59.0 Å². The van der Waals surface area contributed by atoms with E-state index in [2.05, 4.69) is 17.6 Å². The van der Waals surface area contributed by atoms with Crippen LogP contribution in [0.5, 0.6) is 11.5 Å². The monoisotopic (exact) mass is 398 g/mol. The standard InChI is InChI=1S/C24H34N2O3/c1-4-5-6-7-8-16-28-23-11-9-10-21(17-23)25-18-24(27)26-20-12-14-22(15-13-20)29-19(2)3/h9-15,17,19,25H,4-8,16,18H2,1-3H3,(H,26,27). The number of ether oxygens (including phenoxy) is 2. The highest BCUT2D eigenvalue weighted by Gasteiger charge is 2.04. The highest BCUT2D eigenvalue weighted by atomic mass is 16.5. The second kappa shape index (κ2) is 12.7. The normalized spacial score (nSPS) is 10.6. The Labute approximate surface area is 174 Å². The lowest BCUT2D eigenvalue weighted by atomic mass is 10.2. The van der Waals surface area contributed by atoms with Gasteiger partial charge >= 0.3 is 0 Å². The number of carbonyl (C=O) groups is 1. The minimum atomic E-state index is -0.107. The third-order valence-corrected chi connectivity index (χ3v) is 4.31. The predicted molar refractivity (Wildman–Crippen MR) is 120 cm³/mol. The molecule has 1 amide bonds. The molecule has 2 aromatic carbocycles. The number of carbonyl (C=O) groups excluding carboxylic acids is 1. The Kier molecular flexibility index (Phi) is 9.90. The van der Waals surface area contributed by atoms with Gasteiger partial charge in [-0.25, -0.2) is 0 Å². The molecule has 5 nitrogen and oxygen atoms in total. The molecule has 0 spiro atoms. The van der Waals surface area contributed by atoms with Crippen LogP contribution in [0.3, 0.4) is 0 Å². The molecule has 158 valence electrons. The van der Waals surface area contributed by atoms with Gasteiger partial charge in [-0.2, -0.15) is 0 Å². The summed E-state index contributed by atoms with van der Waals surface area (Å²) in [6, 6.07) is 15.1. The van der Waals surface area contributed by atoms with Gasteiger partial charge in [0.15, 0.2) is 0 Å². The van der Waals surface area contributed by atoms with E-state index >= 15 is 0 Å². The van der Waals surface area contributed by atoms with Crippen molar-refractivity contribution < 1.29 is 14.3 Å². The van der Waals surface area contributed by atoms with E-state index < -0.39 is 0 Å². The van der Waals surface area contributed by atoms with Crippen LogP contribution >= 0.6 is 0 Å². The zero-order valence-corrected chi connectivity index (χ0v) is 17.9. The van der Waals surface area contributed by atoms with Gasteiger partial charge in [-0.1, -0.05) is 38.7 Å². The lowest BCUT2D eigenvalue weighted by molar-refractivity contribution is -0.114. The maximum atomic E-state index is 12.2. The van der Waals surface area contributed by atoms with Crippen molar-refractivity contribution in [3.63, 3.8) is 0 Å². The van der Waals surface area contributed by atoms with Crippen molar-refractivity contribution in [3.05, 3.63) is 48.5 Å². The smallest absolute Gasteiger partial charge is 0.243 e. The van der Waals surface area contributed by atoms with Crippen LogP contribution in [-0.2, 0) is 4.79 Å². The Hall–Kier alpha value is -2.69. The van der Waals surface area contributed by atoms with Crippen molar-refractivity contribution in [2.24, 2.45) is 0 Å². The molecule has 0 saturated carbocycles. The third kappa shape index (κ3) is 9.37. The van der Waals surface area contributed by atoms with E-state index in [1.807, 2.05) is 62.4 Å². The molecule has 0 fully saturated rings. The second-order valence-corrected chi connectivity index (χ2v) is 7.38. The highest BCUT2D eigenvalue weighted by molar-refractivity contribution is 5.93. The zero-order chi connectivity index (χ0) is 20.9. The average Bonchev–Trinajstić information content (AvgIpc) is 2.70. The number of hydrogen-bond donors (Lipinski definition) is 2. The van der Waals surface area contributed by atoms with Gasteiger partial charge in [-0.05, 0) is 56.7 Å². The van der Waals surface area contributed by atoms with Crippen molar-refractivity contribution >= 4 is 17.3 Å². The lowest BCUT2D eigenvalue weighted by Crippen LogP contribution is -2.21. The summed E-state index contributed by atoms with van der Waals surface area (Å²) < 4.78 is 11.4. The van der Waals surface area contributed by atoms with Crippen LogP contribution < -0.4 is 20.1 Å². The molecule has 2 aromatic rings. The Morgan fingerprint density at radius 3 is 2.41 bits per heavy atom. The molecule has 0 heterocycles. The Balaban J connectivity index is 1.72. The van der Waals surface area contributed by atoms with Crippen LogP contribution in [0.4, 0.5) is 11.4 Å². The number of anilines is 2. The summed E-state index contributed by atoms with van der Waals surface area (Å²) in [7, 11) is 0. The predicted octanol–water partition coefficient (Wildman–Crippen LogP) is 5.87. The molecule has 2 rings (SSSR count). The van der Waals surface area contributed by atoms with Crippen molar-refractivity contribution in [3.8, 4) is 11.5 Å². The number of hydrogen-bond acceptors (Lipinski definition) is 4. The van der Waals surface area contributed by atoms with Crippen molar-refractivity contribution in [1.82, 2.24) is 0 Å². The Bertz CT molecular complexity index is 729. The van der Waals surface area contributed by atoms with Crippen LogP contribution in [0.2, 0.25) is 0 Å². The molecule has 0 atom stereocenters. The molecule has 0 aromatic heterocycles. The van der Waals surface area contributed by atoms with Gasteiger partial charge in [0.1, 0.15) is 11.5 Å². The summed E-state index contributed by atoms with van der Waals surface area (Å²) in [4.78, 5) is 12.2. The van der Waals surface area contributed by atoms with Gasteiger partial charge < -0.3 is 20.1 Å². The first-order chi connectivity index (χ1) is 14.1. The number of amides is 1. The van der Waals surface area contributed by atoms with E-state index in [0.717, 1.165) is 35.9 Å². The van der Waals surface area contributed by atoms with Crippen LogP contribution in [0.25, 0.3) is 0 Å². The topological polar surface area (TPSA) is 59.6 Å². The van der Waals surface area contributed by atoms with E-state index in [1.165, 1.54) is 25.7 Å². The summed E-state index contributed by atoms with van der Waals surface area (Å²) in [6.07, 6.45) is 6.21. The fourth-order valence-corrected chi connectivity index (χ4v) is 2.87. The second-order valence-electron chi connectivity index (χ2n) is 7.38. The van der Waals surface area contributed by atoms with Gasteiger partial charge in [-0.3, -0.25) is 4.79 Å². The van der Waals surface area contributed by atoms with E-state index in [1.54, 1.807) is 0 Å². The average molecular weight is 399 g/mol. The minimum absolute atomic E-state index is 0.107. The number of nitrogens with one attached hydrogen (secondary N) is 2. The van der Waals surface area contributed by atoms with Crippen LogP contribution in [0, 0.1) is 0 Å². The van der Waals surface area contributed by atoms with Crippen molar-refractivity contribution in [2.75, 3.05) is 23.8 Å². The summed E-state index contributed by atoms with van der Waals surface area (Å²) >= 11 is 0. The molecule has 0 unspecified atom stereocenters. The first-order valence-corrected chi connectivity index (χ1v) is 10.6. The van der Waals surface area contributed by atoms with Crippen LogP contribution in [0.15, 0.2) is 48.5 Å². The summed E-state index contributed by atoms with van der Waals surface area (Å²) in [6.45, 7) is 7.09. The maximum absolute atomic E-state index is 12.2. The third-order valence-electron chi connectivity index (χ3n) is 4.31. The molecule has 0 saturated heterocycles. The molecule has 29 heavy (non-hydrogen) atoms. The summed E-state index contributed by atoms with van der Waals surface area (Å²) in [5.74, 6) is 1.51. The van der Waals surface area contributed by atoms with E-state index in [9.17, 15) is 4.79 Å². The lowest BCUT2D eigenvalue weighted by Gasteiger charge is -2.12. The van der Waals surface area contributed by atoms with E-state index in [4.69, 9.17) is 9.47 Å². The zero-order valence-electron chi connectivity index (χ0n) is 17.9. The van der Waals surface area contributed by atoms with E-state index in [-0.39, 0.29) is 18.6 Å². The first kappa shape index (κ1) is 22.6.